The zero-order valence-corrected chi connectivity index (χ0v) is 34.1. The summed E-state index contributed by atoms with van der Waals surface area (Å²) < 4.78 is 5.43. The van der Waals surface area contributed by atoms with Gasteiger partial charge in [0.2, 0.25) is 0 Å². The largest absolute Gasteiger partial charge is 0.504 e. The second kappa shape index (κ2) is 21.3. The summed E-state index contributed by atoms with van der Waals surface area (Å²) in [5.74, 6) is 2.45. The topological polar surface area (TPSA) is 126 Å². The van der Waals surface area contributed by atoms with Gasteiger partial charge in [0.05, 0.1) is 19.7 Å². The molecule has 6 rings (SSSR count). The lowest BCUT2D eigenvalue weighted by Crippen LogP contribution is -2.50. The zero-order valence-electron chi connectivity index (χ0n) is 34.1. The molecule has 57 heavy (non-hydrogen) atoms. The monoisotopic (exact) mass is 772 g/mol. The van der Waals surface area contributed by atoms with Crippen LogP contribution in [0.5, 0.6) is 11.5 Å². The van der Waals surface area contributed by atoms with Crippen molar-refractivity contribution in [2.24, 2.45) is 23.5 Å². The number of phenolic OH excluding ortho intramolecular Hbond substituents is 1. The molecule has 1 aliphatic carbocycles. The van der Waals surface area contributed by atoms with Crippen LogP contribution in [-0.2, 0) is 35.3 Å². The molecule has 8 nitrogen and oxygen atoms in total. The molecule has 5 atom stereocenters. The Balaban J connectivity index is 1.01. The lowest BCUT2D eigenvalue weighted by atomic mass is 9.65. The maximum absolute atomic E-state index is 13.0. The van der Waals surface area contributed by atoms with Crippen molar-refractivity contribution in [3.63, 3.8) is 0 Å². The smallest absolute Gasteiger partial charge is 0.163 e. The molecule has 5 unspecified atom stereocenters. The number of nitrogens with one attached hydrogen (secondary N) is 3. The van der Waals surface area contributed by atoms with E-state index in [2.05, 4.69) is 83.7 Å². The summed E-state index contributed by atoms with van der Waals surface area (Å²) in [6, 6.07) is 23.5. The van der Waals surface area contributed by atoms with Crippen LogP contribution in [0.2, 0.25) is 0 Å². The summed E-state index contributed by atoms with van der Waals surface area (Å²) in [6.45, 7) is 2.29. The fourth-order valence-corrected chi connectivity index (χ4v) is 9.43. The minimum atomic E-state index is -0.288. The summed E-state index contributed by atoms with van der Waals surface area (Å²) in [7, 11) is 3.62. The number of phenols is 1. The summed E-state index contributed by atoms with van der Waals surface area (Å²) in [6.07, 6.45) is 19.5. The molecule has 0 amide bonds. The number of ketones is 2. The maximum atomic E-state index is 13.0. The Kier molecular flexibility index (Phi) is 15.7. The van der Waals surface area contributed by atoms with Gasteiger partial charge in [-0.15, -0.1) is 0 Å². The third kappa shape index (κ3) is 12.2. The summed E-state index contributed by atoms with van der Waals surface area (Å²) in [5, 5.41) is 21.2. The van der Waals surface area contributed by atoms with E-state index >= 15 is 0 Å². The van der Waals surface area contributed by atoms with E-state index in [1.165, 1.54) is 55.6 Å². The molecule has 1 saturated carbocycles. The number of carbonyl (C=O) groups excluding carboxylic acids is 2. The van der Waals surface area contributed by atoms with Gasteiger partial charge in [-0.3, -0.25) is 9.59 Å². The van der Waals surface area contributed by atoms with Crippen molar-refractivity contribution in [1.29, 1.82) is 0 Å². The summed E-state index contributed by atoms with van der Waals surface area (Å²) >= 11 is 0. The zero-order chi connectivity index (χ0) is 40.0. The number of rotatable bonds is 20. The SMILES string of the molecule is CNC1CCC2CNCCC2C1CCCCCC(=O)CC(=O)C=Cc1cc(OC)c(O)cc1CC1=CNC(N)C=C1CCc1cccc(CCc2ccccc2)c1. The first-order chi connectivity index (χ1) is 27.8. The molecule has 304 valence electrons. The first-order valence-electron chi connectivity index (χ1n) is 21.3. The van der Waals surface area contributed by atoms with Gasteiger partial charge in [-0.05, 0) is 165 Å². The van der Waals surface area contributed by atoms with E-state index in [0.717, 1.165) is 92.1 Å². The van der Waals surface area contributed by atoms with Gasteiger partial charge in [-0.1, -0.05) is 73.5 Å². The van der Waals surface area contributed by atoms with Crippen molar-refractivity contribution in [3.8, 4) is 11.5 Å². The molecule has 6 N–H and O–H groups in total. The number of aromatic hydroxyl groups is 1. The Hall–Kier alpha value is -4.50. The number of piperidine rings is 1. The predicted molar refractivity (Wildman–Crippen MR) is 231 cm³/mol. The highest BCUT2D eigenvalue weighted by Crippen LogP contribution is 2.41. The maximum Gasteiger partial charge on any atom is 0.163 e. The third-order valence-electron chi connectivity index (χ3n) is 12.6. The number of nitrogens with two attached hydrogens (primary N) is 1. The molecule has 2 heterocycles. The normalized spacial score (nSPS) is 22.0. The number of ether oxygens (including phenoxy) is 1. The molecule has 0 radical (unpaired) electrons. The average Bonchev–Trinajstić information content (AvgIpc) is 3.23. The van der Waals surface area contributed by atoms with Crippen LogP contribution in [0.3, 0.4) is 0 Å². The van der Waals surface area contributed by atoms with E-state index in [1.54, 1.807) is 18.2 Å². The van der Waals surface area contributed by atoms with Gasteiger partial charge in [-0.2, -0.15) is 0 Å². The van der Waals surface area contributed by atoms with E-state index < -0.39 is 0 Å². The molecule has 3 aromatic carbocycles. The molecule has 3 aliphatic rings. The number of Topliss-reactive ketones (excluding diaryl/α,β-unsaturated/α-hetero) is 1. The molecule has 2 fully saturated rings. The highest BCUT2D eigenvalue weighted by molar-refractivity contribution is 6.06. The van der Waals surface area contributed by atoms with Crippen LogP contribution in [0.25, 0.3) is 6.08 Å². The van der Waals surface area contributed by atoms with Crippen LogP contribution in [-0.4, -0.2) is 56.1 Å². The third-order valence-corrected chi connectivity index (χ3v) is 12.6. The molecule has 2 aliphatic heterocycles. The summed E-state index contributed by atoms with van der Waals surface area (Å²) in [5.41, 5.74) is 14.1. The van der Waals surface area contributed by atoms with Gasteiger partial charge in [-0.25, -0.2) is 0 Å². The fourth-order valence-electron chi connectivity index (χ4n) is 9.43. The van der Waals surface area contributed by atoms with E-state index in [-0.39, 0.29) is 29.9 Å². The molecular weight excluding hydrogens is 709 g/mol. The number of hydrogen-bond donors (Lipinski definition) is 5. The first-order valence-corrected chi connectivity index (χ1v) is 21.3. The average molecular weight is 773 g/mol. The van der Waals surface area contributed by atoms with Crippen LogP contribution < -0.4 is 26.4 Å². The Morgan fingerprint density at radius 2 is 1.68 bits per heavy atom. The second-order valence-electron chi connectivity index (χ2n) is 16.4. The van der Waals surface area contributed by atoms with E-state index in [9.17, 15) is 14.7 Å². The minimum absolute atomic E-state index is 0.0105. The van der Waals surface area contributed by atoms with Crippen molar-refractivity contribution in [1.82, 2.24) is 16.0 Å². The van der Waals surface area contributed by atoms with Crippen molar-refractivity contribution in [2.45, 2.75) is 102 Å². The number of hydrogen-bond acceptors (Lipinski definition) is 8. The molecule has 0 spiro atoms. The Morgan fingerprint density at radius 3 is 2.47 bits per heavy atom. The quantitative estimate of drug-likeness (QED) is 0.0448. The van der Waals surface area contributed by atoms with E-state index in [4.69, 9.17) is 10.5 Å². The lowest BCUT2D eigenvalue weighted by Gasteiger charge is -2.46. The van der Waals surface area contributed by atoms with Gasteiger partial charge in [0.1, 0.15) is 5.78 Å². The lowest BCUT2D eigenvalue weighted by molar-refractivity contribution is -0.124. The van der Waals surface area contributed by atoms with Gasteiger partial charge >= 0.3 is 0 Å². The van der Waals surface area contributed by atoms with Crippen LogP contribution in [0, 0.1) is 17.8 Å². The number of carbonyl (C=O) groups is 2. The van der Waals surface area contributed by atoms with Crippen LogP contribution in [0.1, 0.15) is 92.0 Å². The minimum Gasteiger partial charge on any atom is -0.504 e. The van der Waals surface area contributed by atoms with Crippen LogP contribution in [0.4, 0.5) is 0 Å². The summed E-state index contributed by atoms with van der Waals surface area (Å²) in [4.78, 5) is 25.9. The number of methoxy groups -OCH3 is 1. The molecule has 0 aromatic heterocycles. The number of unbranched alkanes of at least 4 members (excludes halogenated alkanes) is 2. The highest BCUT2D eigenvalue weighted by Gasteiger charge is 2.39. The van der Waals surface area contributed by atoms with E-state index in [1.807, 2.05) is 6.20 Å². The van der Waals surface area contributed by atoms with Crippen LogP contribution in [0.15, 0.2) is 96.2 Å². The first kappa shape index (κ1) is 42.1. The molecular formula is C49H64N4O4. The second-order valence-corrected chi connectivity index (χ2v) is 16.4. The standard InChI is InChI=1S/C49H64N4O4/c1-51-46-23-21-39-32-52-25-24-44(39)45(46)15-8-4-7-14-42(54)31-43(55)22-20-37-29-48(57-2)47(56)28-40(37)27-41-33-53-49(50)30-38(41)19-18-36-13-9-12-35(26-36)17-16-34-10-5-3-6-11-34/h3,5-6,9-13,20,22,26,28-30,33,39,44-46,49,51-53,56H,4,7-8,14-19,21,23-25,27,31-32,50H2,1-2H3. The Labute approximate surface area is 340 Å². The van der Waals surface area contributed by atoms with Crippen molar-refractivity contribution in [2.75, 3.05) is 27.2 Å². The van der Waals surface area contributed by atoms with Crippen molar-refractivity contribution in [3.05, 3.63) is 124 Å². The van der Waals surface area contributed by atoms with Gasteiger partial charge in [0.15, 0.2) is 17.3 Å². The van der Waals surface area contributed by atoms with Gasteiger partial charge < -0.3 is 31.5 Å². The molecule has 0 bridgehead atoms. The number of benzene rings is 3. The molecule has 3 aromatic rings. The Morgan fingerprint density at radius 1 is 0.912 bits per heavy atom. The Bertz CT molecular complexity index is 1890. The van der Waals surface area contributed by atoms with Gasteiger partial charge in [0.25, 0.3) is 0 Å². The van der Waals surface area contributed by atoms with Gasteiger partial charge in [0, 0.05) is 18.7 Å². The fraction of sp³-hybridized carbons (Fsp3) is 0.469. The molecule has 1 saturated heterocycles. The number of allylic oxidation sites excluding steroid dienone is 3. The van der Waals surface area contributed by atoms with Crippen molar-refractivity contribution < 1.29 is 19.4 Å². The number of dihydropyridines is 1. The van der Waals surface area contributed by atoms with Crippen LogP contribution >= 0.6 is 0 Å². The number of fused-ring (bicyclic) bond motifs is 1. The molecule has 8 heteroatoms. The van der Waals surface area contributed by atoms with Crippen molar-refractivity contribution >= 4 is 17.6 Å². The van der Waals surface area contributed by atoms with E-state index in [0.29, 0.717) is 30.6 Å². The predicted octanol–water partition coefficient (Wildman–Crippen LogP) is 7.78. The highest BCUT2D eigenvalue weighted by atomic mass is 16.5. The number of aryl methyl sites for hydroxylation is 3.